The molecular weight excluding hydrogens is 482 g/mol. The van der Waals surface area contributed by atoms with Crippen molar-refractivity contribution in [1.82, 2.24) is 4.90 Å². The number of nitrogens with one attached hydrogen (secondary N) is 2. The summed E-state index contributed by atoms with van der Waals surface area (Å²) in [4.78, 5) is 20.6. The molecule has 4 aromatic carbocycles. The third kappa shape index (κ3) is 4.42. The molecule has 0 spiro atoms. The van der Waals surface area contributed by atoms with Crippen LogP contribution in [0, 0.1) is 0 Å². The lowest BCUT2D eigenvalue weighted by Gasteiger charge is -2.32. The van der Waals surface area contributed by atoms with E-state index in [4.69, 9.17) is 9.98 Å². The van der Waals surface area contributed by atoms with E-state index in [9.17, 15) is 0 Å². The molecule has 7 heteroatoms. The molecule has 0 amide bonds. The maximum Gasteiger partial charge on any atom is 0.239 e. The fraction of sp³-hybridized carbons (Fsp3) is 0. The average Bonchev–Trinajstić information content (AvgIpc) is 2.99. The quantitative estimate of drug-likeness (QED) is 0.297. The molecule has 3 aliphatic rings. The summed E-state index contributed by atoms with van der Waals surface area (Å²) in [6, 6.07) is 36.5. The van der Waals surface area contributed by atoms with Gasteiger partial charge in [-0.15, -0.1) is 0 Å². The third-order valence-electron chi connectivity index (χ3n) is 6.53. The van der Waals surface area contributed by atoms with Crippen LogP contribution in [0.15, 0.2) is 147 Å². The van der Waals surface area contributed by atoms with Crippen LogP contribution in [0.25, 0.3) is 5.70 Å². The Morgan fingerprint density at radius 2 is 1.13 bits per heavy atom. The normalized spacial score (nSPS) is 15.3. The van der Waals surface area contributed by atoms with Crippen LogP contribution in [-0.4, -0.2) is 28.9 Å². The Labute approximate surface area is 226 Å². The number of para-hydroxylation sites is 4. The van der Waals surface area contributed by atoms with E-state index in [-0.39, 0.29) is 0 Å². The average molecular weight is 506 g/mol. The van der Waals surface area contributed by atoms with Crippen molar-refractivity contribution in [2.75, 3.05) is 10.6 Å². The maximum atomic E-state index is 4.89. The molecule has 0 aromatic heterocycles. The number of aliphatic imine (C=N–C) groups is 4. The summed E-state index contributed by atoms with van der Waals surface area (Å²) in [6.45, 7) is 0. The molecule has 2 N–H and O–H groups in total. The minimum absolute atomic E-state index is 0.539. The first-order valence-corrected chi connectivity index (χ1v) is 12.7. The first-order chi connectivity index (χ1) is 19.3. The van der Waals surface area contributed by atoms with E-state index in [1.807, 2.05) is 89.8 Å². The Bertz CT molecular complexity index is 1660. The van der Waals surface area contributed by atoms with Gasteiger partial charge in [0.1, 0.15) is 6.34 Å². The largest absolute Gasteiger partial charge is 0.355 e. The Morgan fingerprint density at radius 1 is 0.538 bits per heavy atom. The second kappa shape index (κ2) is 9.72. The molecule has 0 bridgehead atoms. The molecule has 186 valence electrons. The van der Waals surface area contributed by atoms with Crippen molar-refractivity contribution in [2.45, 2.75) is 0 Å². The van der Waals surface area contributed by atoms with Crippen LogP contribution in [0.2, 0.25) is 0 Å². The van der Waals surface area contributed by atoms with Crippen molar-refractivity contribution < 1.29 is 0 Å². The van der Waals surface area contributed by atoms with Crippen molar-refractivity contribution >= 4 is 52.4 Å². The second-order valence-corrected chi connectivity index (χ2v) is 9.09. The van der Waals surface area contributed by atoms with Gasteiger partial charge in [-0.25, -0.2) is 24.9 Å². The highest BCUT2D eigenvalue weighted by molar-refractivity contribution is 6.24. The topological polar surface area (TPSA) is 76.7 Å². The van der Waals surface area contributed by atoms with Gasteiger partial charge in [-0.3, -0.25) is 0 Å². The Balaban J connectivity index is 1.30. The van der Waals surface area contributed by atoms with Gasteiger partial charge < -0.3 is 10.6 Å². The predicted octanol–water partition coefficient (Wildman–Crippen LogP) is 6.97. The molecule has 3 aliphatic heterocycles. The molecule has 0 atom stereocenters. The van der Waals surface area contributed by atoms with Gasteiger partial charge in [0.2, 0.25) is 11.9 Å². The zero-order valence-electron chi connectivity index (χ0n) is 20.9. The first kappa shape index (κ1) is 22.6. The van der Waals surface area contributed by atoms with Crippen LogP contribution < -0.4 is 10.6 Å². The van der Waals surface area contributed by atoms with Crippen molar-refractivity contribution in [3.05, 3.63) is 138 Å². The summed E-state index contributed by atoms with van der Waals surface area (Å²) in [5.41, 5.74) is 8.41. The number of allylic oxidation sites excluding steroid dienone is 2. The smallest absolute Gasteiger partial charge is 0.239 e. The van der Waals surface area contributed by atoms with E-state index in [2.05, 4.69) is 57.0 Å². The fourth-order valence-corrected chi connectivity index (χ4v) is 4.72. The predicted molar refractivity (Wildman–Crippen MR) is 160 cm³/mol. The van der Waals surface area contributed by atoms with Gasteiger partial charge >= 0.3 is 0 Å². The molecular formula is C32H23N7. The number of hydrogen-bond acceptors (Lipinski definition) is 7. The molecule has 4 aromatic rings. The van der Waals surface area contributed by atoms with Gasteiger partial charge in [0.15, 0.2) is 0 Å². The molecule has 0 fully saturated rings. The van der Waals surface area contributed by atoms with Crippen molar-refractivity contribution in [3.63, 3.8) is 0 Å². The van der Waals surface area contributed by atoms with Crippen LogP contribution in [0.4, 0.5) is 22.7 Å². The van der Waals surface area contributed by atoms with Gasteiger partial charge in [0, 0.05) is 33.9 Å². The van der Waals surface area contributed by atoms with Gasteiger partial charge in [-0.1, -0.05) is 72.8 Å². The molecule has 0 radical (unpaired) electrons. The lowest BCUT2D eigenvalue weighted by Crippen LogP contribution is -2.40. The number of anilines is 4. The second-order valence-electron chi connectivity index (χ2n) is 9.09. The highest BCUT2D eigenvalue weighted by Gasteiger charge is 2.31. The van der Waals surface area contributed by atoms with Crippen LogP contribution >= 0.6 is 0 Å². The molecule has 0 unspecified atom stereocenters. The number of guanidine groups is 2. The number of benzene rings is 4. The number of nitrogens with zero attached hydrogens (tertiary/aromatic N) is 5. The van der Waals surface area contributed by atoms with Crippen molar-refractivity contribution in [1.29, 1.82) is 0 Å². The maximum absolute atomic E-state index is 4.89. The van der Waals surface area contributed by atoms with E-state index in [1.54, 1.807) is 0 Å². The van der Waals surface area contributed by atoms with Crippen molar-refractivity contribution in [3.8, 4) is 0 Å². The van der Waals surface area contributed by atoms with E-state index in [0.29, 0.717) is 11.9 Å². The zero-order valence-corrected chi connectivity index (χ0v) is 20.9. The third-order valence-corrected chi connectivity index (χ3v) is 6.53. The van der Waals surface area contributed by atoms with Crippen LogP contribution in [0.3, 0.4) is 0 Å². The molecule has 3 heterocycles. The Hall–Kier alpha value is -5.56. The highest BCUT2D eigenvalue weighted by Crippen LogP contribution is 2.35. The van der Waals surface area contributed by atoms with Gasteiger partial charge in [-0.2, -0.15) is 0 Å². The van der Waals surface area contributed by atoms with E-state index in [1.165, 1.54) is 6.34 Å². The molecule has 0 saturated carbocycles. The summed E-state index contributed by atoms with van der Waals surface area (Å²) >= 11 is 0. The Kier molecular flexibility index (Phi) is 5.64. The van der Waals surface area contributed by atoms with E-state index >= 15 is 0 Å². The monoisotopic (exact) mass is 505 g/mol. The van der Waals surface area contributed by atoms with Gasteiger partial charge in [0.25, 0.3) is 0 Å². The van der Waals surface area contributed by atoms with Gasteiger partial charge in [0.05, 0.1) is 17.1 Å². The van der Waals surface area contributed by atoms with Crippen LogP contribution in [-0.2, 0) is 0 Å². The van der Waals surface area contributed by atoms with E-state index in [0.717, 1.165) is 51.0 Å². The summed E-state index contributed by atoms with van der Waals surface area (Å²) < 4.78 is 0. The summed E-state index contributed by atoms with van der Waals surface area (Å²) in [6.07, 6.45) is 5.64. The van der Waals surface area contributed by atoms with Gasteiger partial charge in [-0.05, 0) is 48.6 Å². The molecule has 39 heavy (non-hydrogen) atoms. The van der Waals surface area contributed by atoms with Crippen LogP contribution in [0.5, 0.6) is 0 Å². The fourth-order valence-electron chi connectivity index (χ4n) is 4.72. The summed E-state index contributed by atoms with van der Waals surface area (Å²) in [7, 11) is 0. The lowest BCUT2D eigenvalue weighted by atomic mass is 10.0. The molecule has 7 nitrogen and oxygen atoms in total. The first-order valence-electron chi connectivity index (χ1n) is 12.7. The minimum Gasteiger partial charge on any atom is -0.355 e. The Morgan fingerprint density at radius 3 is 1.82 bits per heavy atom. The SMILES string of the molecule is C1=NC2=NC(c3ccccc3Nc3ccccc3)=CC3=CC(c4ccccc4Nc4ccccc4)=NC(=N1)N32. The molecule has 7 rings (SSSR count). The van der Waals surface area contributed by atoms with Crippen LogP contribution in [0.1, 0.15) is 11.1 Å². The number of hydrogen-bond donors (Lipinski definition) is 2. The summed E-state index contributed by atoms with van der Waals surface area (Å²) in [5, 5.41) is 7.05. The molecule has 0 aliphatic carbocycles. The number of rotatable bonds is 6. The molecule has 0 saturated heterocycles. The zero-order chi connectivity index (χ0) is 26.0. The van der Waals surface area contributed by atoms with E-state index < -0.39 is 0 Å². The summed E-state index contributed by atoms with van der Waals surface area (Å²) in [5.74, 6) is 1.08. The van der Waals surface area contributed by atoms with Crippen molar-refractivity contribution in [2.24, 2.45) is 20.0 Å². The lowest BCUT2D eigenvalue weighted by molar-refractivity contribution is 0.738. The standard InChI is InChI=1S/C32H23N7/c1-3-11-22(12-4-1)35-27-17-9-7-15-25(27)29-19-24-20-30(38-32-34-21-33-31(37-29)39(24)32)26-16-8-10-18-28(26)36-23-13-5-2-6-14-23/h1-21,35-36H. The minimum atomic E-state index is 0.539. The highest BCUT2D eigenvalue weighted by atomic mass is 15.4.